The van der Waals surface area contributed by atoms with Gasteiger partial charge in [0.2, 0.25) is 24.5 Å². The fraction of sp³-hybridized carbons (Fsp3) is 0.560. The Labute approximate surface area is 233 Å². The van der Waals surface area contributed by atoms with Crippen LogP contribution >= 0.6 is 23.5 Å². The van der Waals surface area contributed by atoms with Crippen molar-refractivity contribution in [3.05, 3.63) is 29.8 Å². The number of amides is 3. The predicted octanol–water partition coefficient (Wildman–Crippen LogP) is 0.435. The number of fused-ring (bicyclic) bond motifs is 2. The van der Waals surface area contributed by atoms with Crippen LogP contribution in [0.2, 0.25) is 0 Å². The topological polar surface area (TPSA) is 169 Å². The zero-order valence-corrected chi connectivity index (χ0v) is 23.4. The van der Waals surface area contributed by atoms with E-state index in [0.717, 1.165) is 0 Å². The molecule has 6 atom stereocenters. The summed E-state index contributed by atoms with van der Waals surface area (Å²) in [7, 11) is 0. The van der Waals surface area contributed by atoms with Gasteiger partial charge in [0.05, 0.1) is 11.8 Å². The van der Waals surface area contributed by atoms with Crippen molar-refractivity contribution in [2.75, 3.05) is 6.79 Å². The maximum atomic E-state index is 13.0. The number of rotatable bonds is 7. The average molecular weight is 579 g/mol. The molecule has 1 aromatic carbocycles. The molecule has 4 heterocycles. The first kappa shape index (κ1) is 27.6. The lowest BCUT2D eigenvalue weighted by atomic mass is 9.95. The third kappa shape index (κ3) is 4.61. The quantitative estimate of drug-likeness (QED) is 0.233. The van der Waals surface area contributed by atoms with Gasteiger partial charge in [-0.2, -0.15) is 0 Å². The van der Waals surface area contributed by atoms with Gasteiger partial charge in [0.25, 0.3) is 0 Å². The summed E-state index contributed by atoms with van der Waals surface area (Å²) >= 11 is 2.88. The summed E-state index contributed by atoms with van der Waals surface area (Å²) < 4.78 is 9.21. The molecule has 39 heavy (non-hydrogen) atoms. The number of aromatic hydroxyl groups is 1. The highest BCUT2D eigenvalue weighted by molar-refractivity contribution is 8.02. The minimum atomic E-state index is -1.05. The van der Waals surface area contributed by atoms with Gasteiger partial charge < -0.3 is 35.4 Å². The molecule has 0 radical (unpaired) electrons. The van der Waals surface area contributed by atoms with Crippen LogP contribution in [0, 0.1) is 0 Å². The van der Waals surface area contributed by atoms with E-state index in [-0.39, 0.29) is 17.0 Å². The number of ether oxygens (including phenoxy) is 2. The first-order valence-electron chi connectivity index (χ1n) is 12.4. The molecule has 0 saturated carbocycles. The van der Waals surface area contributed by atoms with Crippen LogP contribution in [0.5, 0.6) is 5.75 Å². The second-order valence-electron chi connectivity index (χ2n) is 10.9. The zero-order valence-electron chi connectivity index (χ0n) is 21.8. The van der Waals surface area contributed by atoms with Crippen molar-refractivity contribution in [2.45, 2.75) is 78.5 Å². The number of benzene rings is 1. The lowest BCUT2D eigenvalue weighted by Crippen LogP contribution is -2.71. The number of nitrogens with one attached hydrogen (secondary N) is 1. The van der Waals surface area contributed by atoms with E-state index in [1.807, 2.05) is 13.8 Å². The Hall–Kier alpha value is -2.97. The number of hydrogen-bond acceptors (Lipinski definition) is 11. The minimum Gasteiger partial charge on any atom is -0.508 e. The largest absolute Gasteiger partial charge is 0.508 e. The number of nitrogens with zero attached hydrogens (tertiary/aromatic N) is 2. The van der Waals surface area contributed by atoms with Gasteiger partial charge in [-0.05, 0) is 45.4 Å². The second kappa shape index (κ2) is 9.59. The highest BCUT2D eigenvalue weighted by atomic mass is 32.2. The molecule has 210 valence electrons. The third-order valence-electron chi connectivity index (χ3n) is 7.45. The monoisotopic (exact) mass is 578 g/mol. The Morgan fingerprint density at radius 3 is 2.18 bits per heavy atom. The highest BCUT2D eigenvalue weighted by Gasteiger charge is 2.65. The van der Waals surface area contributed by atoms with Crippen LogP contribution in [0.1, 0.15) is 45.7 Å². The summed E-state index contributed by atoms with van der Waals surface area (Å²) in [5, 5.41) is 11.5. The van der Waals surface area contributed by atoms with Crippen molar-refractivity contribution >= 4 is 53.2 Å². The molecule has 4 saturated heterocycles. The molecule has 4 aliphatic rings. The highest BCUT2D eigenvalue weighted by Crippen LogP contribution is 2.52. The van der Waals surface area contributed by atoms with E-state index in [1.165, 1.54) is 57.6 Å². The average Bonchev–Trinajstić information content (AvgIpc) is 3.25. The Morgan fingerprint density at radius 1 is 1.03 bits per heavy atom. The van der Waals surface area contributed by atoms with E-state index in [4.69, 9.17) is 15.2 Å². The van der Waals surface area contributed by atoms with Crippen molar-refractivity contribution in [1.82, 2.24) is 15.1 Å². The van der Waals surface area contributed by atoms with E-state index in [9.17, 15) is 29.1 Å². The van der Waals surface area contributed by atoms with Crippen molar-refractivity contribution in [3.63, 3.8) is 0 Å². The summed E-state index contributed by atoms with van der Waals surface area (Å²) in [4.78, 5) is 66.4. The van der Waals surface area contributed by atoms with Gasteiger partial charge in [-0.1, -0.05) is 12.1 Å². The number of phenolic OH excluding ortho intramolecular Hbond substituents is 1. The molecule has 4 N–H and O–H groups in total. The van der Waals surface area contributed by atoms with Crippen LogP contribution in [0.15, 0.2) is 24.3 Å². The predicted molar refractivity (Wildman–Crippen MR) is 141 cm³/mol. The van der Waals surface area contributed by atoms with Gasteiger partial charge in [-0.15, -0.1) is 23.5 Å². The summed E-state index contributed by atoms with van der Waals surface area (Å²) in [6.45, 7) is 6.66. The minimum absolute atomic E-state index is 0.0368. The number of carbonyl (C=O) groups excluding carboxylic acids is 5. The van der Waals surface area contributed by atoms with E-state index >= 15 is 0 Å². The Balaban J connectivity index is 1.17. The molecule has 0 bridgehead atoms. The second-order valence-corrected chi connectivity index (χ2v) is 14.5. The standard InChI is InChI=1S/C25H30N4O8S2/c1-24(2)17(28-13(31)9-14(28)38-24)22(34)36-10-37-23(35)18-25(3,4)39-21-16(20(33)29(18)21)27-19(32)15(26)11-5-7-12(30)8-6-11/h5-8,14-18,21,30H,9-10,26H2,1-4H3,(H,27,32)/t14-,15?,16-,17+,18+,21-/m1/s1. The third-order valence-corrected chi connectivity index (χ3v) is 10.5. The summed E-state index contributed by atoms with van der Waals surface area (Å²) in [5.41, 5.74) is 6.50. The first-order chi connectivity index (χ1) is 18.2. The molecule has 4 aliphatic heterocycles. The van der Waals surface area contributed by atoms with Crippen LogP contribution in [0.3, 0.4) is 0 Å². The maximum Gasteiger partial charge on any atom is 0.333 e. The van der Waals surface area contributed by atoms with Crippen molar-refractivity contribution in [1.29, 1.82) is 0 Å². The van der Waals surface area contributed by atoms with E-state index in [1.54, 1.807) is 13.8 Å². The normalized spacial score (nSPS) is 30.4. The maximum absolute atomic E-state index is 13.0. The number of thioether (sulfide) groups is 2. The van der Waals surface area contributed by atoms with Gasteiger partial charge >= 0.3 is 11.9 Å². The molecule has 5 rings (SSSR count). The molecule has 3 amide bonds. The molecular weight excluding hydrogens is 548 g/mol. The van der Waals surface area contributed by atoms with Gasteiger partial charge in [0.15, 0.2) is 0 Å². The number of nitrogens with two attached hydrogens (primary N) is 1. The van der Waals surface area contributed by atoms with Crippen LogP contribution in [-0.4, -0.2) is 89.7 Å². The fourth-order valence-corrected chi connectivity index (χ4v) is 8.70. The van der Waals surface area contributed by atoms with Gasteiger partial charge in [0, 0.05) is 9.49 Å². The molecule has 1 aromatic rings. The van der Waals surface area contributed by atoms with E-state index in [0.29, 0.717) is 12.0 Å². The van der Waals surface area contributed by atoms with Crippen LogP contribution in [-0.2, 0) is 33.4 Å². The Morgan fingerprint density at radius 2 is 1.59 bits per heavy atom. The number of carbonyl (C=O) groups is 5. The summed E-state index contributed by atoms with van der Waals surface area (Å²) in [6, 6.07) is 2.21. The molecule has 0 spiro atoms. The van der Waals surface area contributed by atoms with Crippen LogP contribution in [0.4, 0.5) is 0 Å². The van der Waals surface area contributed by atoms with E-state index in [2.05, 4.69) is 5.32 Å². The molecule has 0 aliphatic carbocycles. The van der Waals surface area contributed by atoms with E-state index < -0.39 is 69.6 Å². The van der Waals surface area contributed by atoms with Gasteiger partial charge in [-0.25, -0.2) is 9.59 Å². The SMILES string of the molecule is CC1(C)S[C@@H]2[C@H](NC(=O)C(N)c3ccc(O)cc3)C(=O)N2[C@H]1C(=O)OCOC(=O)[C@@H]1N2C(=O)C[C@H]2SC1(C)C. The van der Waals surface area contributed by atoms with Crippen LogP contribution in [0.25, 0.3) is 0 Å². The van der Waals surface area contributed by atoms with Gasteiger partial charge in [-0.3, -0.25) is 14.4 Å². The van der Waals surface area contributed by atoms with Crippen molar-refractivity contribution < 1.29 is 38.6 Å². The van der Waals surface area contributed by atoms with Crippen molar-refractivity contribution in [2.24, 2.45) is 5.73 Å². The molecule has 4 fully saturated rings. The molecule has 12 nitrogen and oxygen atoms in total. The zero-order chi connectivity index (χ0) is 28.4. The molecule has 14 heteroatoms. The molecule has 1 unspecified atom stereocenters. The lowest BCUT2D eigenvalue weighted by molar-refractivity contribution is -0.181. The summed E-state index contributed by atoms with van der Waals surface area (Å²) in [5.74, 6) is -2.48. The molecular formula is C25H30N4O8S2. The Bertz CT molecular complexity index is 1240. The van der Waals surface area contributed by atoms with Gasteiger partial charge in [0.1, 0.15) is 35.3 Å². The summed E-state index contributed by atoms with van der Waals surface area (Å²) in [6.07, 6.45) is 0.385. The Kier molecular flexibility index (Phi) is 6.79. The first-order valence-corrected chi connectivity index (χ1v) is 14.2. The number of hydrogen-bond donors (Lipinski definition) is 3. The number of esters is 2. The number of β-lactam (4-membered cyclic amide) rings is 2. The smallest absolute Gasteiger partial charge is 0.333 e. The lowest BCUT2D eigenvalue weighted by Gasteiger charge is -2.44. The van der Waals surface area contributed by atoms with Crippen LogP contribution < -0.4 is 11.1 Å². The molecule has 0 aromatic heterocycles. The van der Waals surface area contributed by atoms with Crippen molar-refractivity contribution in [3.8, 4) is 5.75 Å². The number of phenols is 1. The fourth-order valence-electron chi connectivity index (χ4n) is 5.46.